The lowest BCUT2D eigenvalue weighted by molar-refractivity contribution is 0.306. The minimum atomic E-state index is 0.751. The van der Waals surface area contributed by atoms with Crippen molar-refractivity contribution in [3.63, 3.8) is 0 Å². The summed E-state index contributed by atoms with van der Waals surface area (Å²) in [4.78, 5) is 0. The average molecular weight is 268 g/mol. The quantitative estimate of drug-likeness (QED) is 0.619. The van der Waals surface area contributed by atoms with Gasteiger partial charge < -0.3 is 9.47 Å². The molecule has 102 valence electrons. The molecule has 0 heterocycles. The molecule has 18 heavy (non-hydrogen) atoms. The Morgan fingerprint density at radius 2 is 1.67 bits per heavy atom. The Kier molecular flexibility index (Phi) is 7.74. The summed E-state index contributed by atoms with van der Waals surface area (Å²) in [5.41, 5.74) is 0. The van der Waals surface area contributed by atoms with Gasteiger partial charge >= 0.3 is 0 Å². The number of rotatable bonds is 9. The second-order valence-electron chi connectivity index (χ2n) is 4.50. The fourth-order valence-corrected chi connectivity index (χ4v) is 2.40. The van der Waals surface area contributed by atoms with Crippen molar-refractivity contribution in [3.05, 3.63) is 24.3 Å². The zero-order chi connectivity index (χ0) is 13.2. The van der Waals surface area contributed by atoms with Crippen LogP contribution in [0.4, 0.5) is 0 Å². The topological polar surface area (TPSA) is 18.5 Å². The highest BCUT2D eigenvalue weighted by Gasteiger charge is 1.97. The molecule has 0 fully saturated rings. The first-order valence-electron chi connectivity index (χ1n) is 6.61. The van der Waals surface area contributed by atoms with Gasteiger partial charge in [0, 0.05) is 0 Å². The molecule has 0 N–H and O–H groups in total. The van der Waals surface area contributed by atoms with Crippen molar-refractivity contribution in [2.75, 3.05) is 19.5 Å². The van der Waals surface area contributed by atoms with E-state index in [2.05, 4.69) is 13.8 Å². The van der Waals surface area contributed by atoms with Gasteiger partial charge in [0.25, 0.3) is 0 Å². The van der Waals surface area contributed by atoms with Crippen LogP contribution in [0.25, 0.3) is 0 Å². The molecular formula is C15H24O2S. The predicted molar refractivity (Wildman–Crippen MR) is 79.9 cm³/mol. The maximum absolute atomic E-state index is 5.67. The van der Waals surface area contributed by atoms with E-state index in [-0.39, 0.29) is 0 Å². The van der Waals surface area contributed by atoms with Crippen molar-refractivity contribution in [2.24, 2.45) is 0 Å². The maximum atomic E-state index is 5.67. The second-order valence-corrected chi connectivity index (χ2v) is 6.19. The molecule has 0 aromatic heterocycles. The van der Waals surface area contributed by atoms with Crippen molar-refractivity contribution in [1.82, 2.24) is 0 Å². The van der Waals surface area contributed by atoms with E-state index in [0.29, 0.717) is 0 Å². The first kappa shape index (κ1) is 15.2. The van der Waals surface area contributed by atoms with Crippen molar-refractivity contribution < 1.29 is 9.47 Å². The summed E-state index contributed by atoms with van der Waals surface area (Å²) in [6.07, 6.45) is 3.66. The van der Waals surface area contributed by atoms with E-state index in [1.54, 1.807) is 7.11 Å². The van der Waals surface area contributed by atoms with Gasteiger partial charge in [-0.3, -0.25) is 0 Å². The molecule has 0 radical (unpaired) electrons. The van der Waals surface area contributed by atoms with Gasteiger partial charge in [-0.25, -0.2) is 0 Å². The van der Waals surface area contributed by atoms with Crippen LogP contribution in [-0.4, -0.2) is 24.7 Å². The van der Waals surface area contributed by atoms with E-state index in [1.165, 1.54) is 18.6 Å². The number of benzene rings is 1. The Balaban J connectivity index is 2.03. The van der Waals surface area contributed by atoms with Crippen LogP contribution in [0.15, 0.2) is 24.3 Å². The smallest absolute Gasteiger partial charge is 0.119 e. The molecule has 0 aliphatic rings. The van der Waals surface area contributed by atoms with Gasteiger partial charge in [0.1, 0.15) is 11.5 Å². The fourth-order valence-electron chi connectivity index (χ4n) is 1.56. The maximum Gasteiger partial charge on any atom is 0.119 e. The second kappa shape index (κ2) is 9.15. The molecule has 0 amide bonds. The number of thioether (sulfide) groups is 1. The zero-order valence-electron chi connectivity index (χ0n) is 11.6. The van der Waals surface area contributed by atoms with E-state index < -0.39 is 0 Å². The van der Waals surface area contributed by atoms with Gasteiger partial charge in [-0.15, -0.1) is 0 Å². The van der Waals surface area contributed by atoms with Crippen LogP contribution >= 0.6 is 11.8 Å². The molecule has 1 aromatic rings. The highest BCUT2D eigenvalue weighted by Crippen LogP contribution is 2.17. The third-order valence-electron chi connectivity index (χ3n) is 2.57. The summed E-state index contributed by atoms with van der Waals surface area (Å²) in [5.74, 6) is 3.06. The SMILES string of the molecule is COc1ccc(OCCCCCSC(C)C)cc1. The molecule has 1 rings (SSSR count). The monoisotopic (exact) mass is 268 g/mol. The lowest BCUT2D eigenvalue weighted by Crippen LogP contribution is -1.98. The first-order chi connectivity index (χ1) is 8.72. The van der Waals surface area contributed by atoms with Crippen molar-refractivity contribution in [3.8, 4) is 11.5 Å². The van der Waals surface area contributed by atoms with Crippen LogP contribution in [0.2, 0.25) is 0 Å². The number of methoxy groups -OCH3 is 1. The summed E-state index contributed by atoms with van der Waals surface area (Å²) >= 11 is 2.04. The summed E-state index contributed by atoms with van der Waals surface area (Å²) in [5, 5.41) is 0.751. The van der Waals surface area contributed by atoms with Gasteiger partial charge in [0.15, 0.2) is 0 Å². The number of hydrogen-bond acceptors (Lipinski definition) is 3. The average Bonchev–Trinajstić information content (AvgIpc) is 2.38. The molecule has 0 unspecified atom stereocenters. The Hall–Kier alpha value is -0.830. The molecule has 1 aromatic carbocycles. The van der Waals surface area contributed by atoms with Crippen molar-refractivity contribution >= 4 is 11.8 Å². The Morgan fingerprint density at radius 3 is 2.28 bits per heavy atom. The standard InChI is InChI=1S/C15H24O2S/c1-13(2)18-12-6-4-5-11-17-15-9-7-14(16-3)8-10-15/h7-10,13H,4-6,11-12H2,1-3H3. The number of unbranched alkanes of at least 4 members (excludes halogenated alkanes) is 2. The van der Waals surface area contributed by atoms with Gasteiger partial charge in [-0.2, -0.15) is 11.8 Å². The van der Waals surface area contributed by atoms with Crippen LogP contribution in [-0.2, 0) is 0 Å². The molecule has 2 nitrogen and oxygen atoms in total. The normalized spacial score (nSPS) is 10.7. The van der Waals surface area contributed by atoms with E-state index >= 15 is 0 Å². The summed E-state index contributed by atoms with van der Waals surface area (Å²) in [7, 11) is 1.67. The molecular weight excluding hydrogens is 244 g/mol. The number of hydrogen-bond donors (Lipinski definition) is 0. The highest BCUT2D eigenvalue weighted by atomic mass is 32.2. The molecule has 0 spiro atoms. The van der Waals surface area contributed by atoms with Crippen LogP contribution in [0.3, 0.4) is 0 Å². The van der Waals surface area contributed by atoms with Gasteiger partial charge in [-0.05, 0) is 54.5 Å². The van der Waals surface area contributed by atoms with Gasteiger partial charge in [0.05, 0.1) is 13.7 Å². The Labute approximate surface area is 115 Å². The lowest BCUT2D eigenvalue weighted by Gasteiger charge is -2.07. The van der Waals surface area contributed by atoms with E-state index in [4.69, 9.17) is 9.47 Å². The van der Waals surface area contributed by atoms with Gasteiger partial charge in [0.2, 0.25) is 0 Å². The molecule has 0 saturated carbocycles. The molecule has 0 aliphatic heterocycles. The van der Waals surface area contributed by atoms with Crippen LogP contribution < -0.4 is 9.47 Å². The van der Waals surface area contributed by atoms with E-state index in [9.17, 15) is 0 Å². The lowest BCUT2D eigenvalue weighted by atomic mass is 10.2. The zero-order valence-corrected chi connectivity index (χ0v) is 12.5. The largest absolute Gasteiger partial charge is 0.497 e. The predicted octanol–water partition coefficient (Wildman–Crippen LogP) is 4.39. The fraction of sp³-hybridized carbons (Fsp3) is 0.600. The first-order valence-corrected chi connectivity index (χ1v) is 7.65. The van der Waals surface area contributed by atoms with Crippen molar-refractivity contribution in [1.29, 1.82) is 0 Å². The summed E-state index contributed by atoms with van der Waals surface area (Å²) in [6, 6.07) is 7.75. The van der Waals surface area contributed by atoms with Crippen molar-refractivity contribution in [2.45, 2.75) is 38.4 Å². The van der Waals surface area contributed by atoms with E-state index in [0.717, 1.165) is 29.8 Å². The third-order valence-corrected chi connectivity index (χ3v) is 3.76. The Bertz CT molecular complexity index is 309. The van der Waals surface area contributed by atoms with Crippen LogP contribution in [0.5, 0.6) is 11.5 Å². The summed E-state index contributed by atoms with van der Waals surface area (Å²) < 4.78 is 10.8. The Morgan fingerprint density at radius 1 is 1.00 bits per heavy atom. The van der Waals surface area contributed by atoms with Crippen LogP contribution in [0.1, 0.15) is 33.1 Å². The molecule has 0 atom stereocenters. The van der Waals surface area contributed by atoms with Gasteiger partial charge in [-0.1, -0.05) is 13.8 Å². The van der Waals surface area contributed by atoms with E-state index in [1.807, 2.05) is 36.0 Å². The number of ether oxygens (including phenoxy) is 2. The molecule has 0 aliphatic carbocycles. The molecule has 3 heteroatoms. The molecule has 0 bridgehead atoms. The molecule has 0 saturated heterocycles. The minimum absolute atomic E-state index is 0.751. The third kappa shape index (κ3) is 6.80. The highest BCUT2D eigenvalue weighted by molar-refractivity contribution is 7.99. The van der Waals surface area contributed by atoms with Crippen LogP contribution in [0, 0.1) is 0 Å². The summed E-state index contributed by atoms with van der Waals surface area (Å²) in [6.45, 7) is 5.30. The minimum Gasteiger partial charge on any atom is -0.497 e.